The standard InChI is InChI=1S/C63H81N11O17S.2ClH/c1-33-30-74-53(54(33)81)59(86)66-29-42(76)27-44(67-55(82)39-12-16-41(17-13-39)61-72-71-60(92-61)40-14-10-38(11-15-40)37-8-5-35(6-9-37)32-90-24-23-89-3)56(83)68-50(34(2)75)62(87)73-31-43(77)28-45(73)57(84)69-51(58(85)70-52(63(74)88)47(79)19-21-65)48(80)25-36-7-18-46(78)49(26-36)91-22-4-20-64;;/h5-18,26,33-34,42-45,47-48,50-54,75-81H,4,19-25,27-32,64-65H2,1-3H3,(H,66,86)(H,67,82)(H,68,83)(H,69,84)(H,70,85);2*1H/t33-,34+,42+,43+,44-,45-,47+,48+,50-,51-,52-,53-,54-;;/m0../s1. The fraction of sp³-hybridized carbons (Fsp3) is 0.476. The van der Waals surface area contributed by atoms with Crippen molar-refractivity contribution in [3.63, 3.8) is 0 Å². The van der Waals surface area contributed by atoms with E-state index in [1.807, 2.05) is 48.5 Å². The molecule has 3 aliphatic rings. The van der Waals surface area contributed by atoms with Crippen LogP contribution in [0.2, 0.25) is 0 Å². The number of β-amino-alcohol motifs (C(OH)–C–C–N with tert-alkyl or cyclic N) is 1. The second-order valence-corrected chi connectivity index (χ2v) is 24.2. The average molecular weight is 1370 g/mol. The van der Waals surface area contributed by atoms with Crippen molar-refractivity contribution in [3.05, 3.63) is 108 Å². The molecule has 0 unspecified atom stereocenters. The maximum atomic E-state index is 14.7. The maximum absolute atomic E-state index is 14.7. The normalized spacial score (nSPS) is 24.2. The van der Waals surface area contributed by atoms with Crippen molar-refractivity contribution >= 4 is 77.5 Å². The maximum Gasteiger partial charge on any atom is 0.251 e. The molecule has 3 saturated heterocycles. The smallest absolute Gasteiger partial charge is 0.251 e. The summed E-state index contributed by atoms with van der Waals surface area (Å²) in [7, 11) is 1.62. The molecule has 0 spiro atoms. The summed E-state index contributed by atoms with van der Waals surface area (Å²) in [6, 6.07) is 15.1. The van der Waals surface area contributed by atoms with Crippen LogP contribution in [0.3, 0.4) is 0 Å². The number of amides is 7. The topological polar surface area (TPSA) is 433 Å². The Morgan fingerprint density at radius 1 is 0.691 bits per heavy atom. The highest BCUT2D eigenvalue weighted by atomic mass is 35.5. The van der Waals surface area contributed by atoms with E-state index in [9.17, 15) is 69.3 Å². The summed E-state index contributed by atoms with van der Waals surface area (Å²) in [6.45, 7) is 2.85. The first-order chi connectivity index (χ1) is 44.1. The van der Waals surface area contributed by atoms with Crippen LogP contribution < -0.4 is 42.8 Å². The van der Waals surface area contributed by atoms with Crippen LogP contribution in [0, 0.1) is 5.92 Å². The van der Waals surface area contributed by atoms with Crippen molar-refractivity contribution in [1.29, 1.82) is 0 Å². The van der Waals surface area contributed by atoms with E-state index in [2.05, 4.69) is 36.8 Å². The van der Waals surface area contributed by atoms with Gasteiger partial charge in [-0.3, -0.25) is 33.6 Å². The summed E-state index contributed by atoms with van der Waals surface area (Å²) in [6.07, 6.45) is -11.5. The summed E-state index contributed by atoms with van der Waals surface area (Å²) in [5.41, 5.74) is 16.2. The first-order valence-electron chi connectivity index (χ1n) is 30.3. The molecule has 13 atom stereocenters. The largest absolute Gasteiger partial charge is 0.504 e. The van der Waals surface area contributed by atoms with Crippen molar-refractivity contribution in [2.45, 2.75) is 125 Å². The van der Waals surface area contributed by atoms with Gasteiger partial charge in [0.05, 0.1) is 63.1 Å². The Balaban J connectivity index is 0.00000700. The average Bonchev–Trinajstić information content (AvgIpc) is 1.62. The number of phenolic OH excluding ortho intramolecular Hbond substituents is 1. The first-order valence-corrected chi connectivity index (χ1v) is 31.1. The summed E-state index contributed by atoms with van der Waals surface area (Å²) >= 11 is 1.31. The molecular weight excluding hydrogens is 1290 g/mol. The molecule has 1 aromatic heterocycles. The predicted molar refractivity (Wildman–Crippen MR) is 348 cm³/mol. The minimum atomic E-state index is -2.04. The van der Waals surface area contributed by atoms with Gasteiger partial charge in [-0.15, -0.1) is 35.0 Å². The molecule has 31 heteroatoms. The van der Waals surface area contributed by atoms with Crippen LogP contribution in [-0.2, 0) is 51.3 Å². The molecule has 7 amide bonds. The zero-order valence-electron chi connectivity index (χ0n) is 51.9. The summed E-state index contributed by atoms with van der Waals surface area (Å²) in [4.78, 5) is 103. The van der Waals surface area contributed by atoms with Gasteiger partial charge in [-0.05, 0) is 79.4 Å². The Morgan fingerprint density at radius 2 is 1.29 bits per heavy atom. The zero-order valence-corrected chi connectivity index (χ0v) is 54.4. The molecule has 0 aliphatic carbocycles. The fourth-order valence-electron chi connectivity index (χ4n) is 11.1. The van der Waals surface area contributed by atoms with E-state index < -0.39 is 152 Å². The van der Waals surface area contributed by atoms with Crippen molar-refractivity contribution in [1.82, 2.24) is 46.6 Å². The number of aromatic hydroxyl groups is 1. The first kappa shape index (κ1) is 75.5. The lowest BCUT2D eigenvalue weighted by Gasteiger charge is -2.34. The monoisotopic (exact) mass is 1370 g/mol. The Morgan fingerprint density at radius 3 is 1.91 bits per heavy atom. The summed E-state index contributed by atoms with van der Waals surface area (Å²) in [5, 5.41) is 101. The number of nitrogens with one attached hydrogen (secondary N) is 5. The van der Waals surface area contributed by atoms with Crippen LogP contribution in [0.1, 0.15) is 61.0 Å². The number of fused-ring (bicyclic) bond motifs is 2. The van der Waals surface area contributed by atoms with Crippen LogP contribution in [0.4, 0.5) is 0 Å². The number of phenols is 1. The van der Waals surface area contributed by atoms with Gasteiger partial charge in [0.1, 0.15) is 46.3 Å². The molecule has 0 saturated carbocycles. The van der Waals surface area contributed by atoms with E-state index in [0.717, 1.165) is 39.0 Å². The third-order valence-corrected chi connectivity index (χ3v) is 17.2. The quantitative estimate of drug-likeness (QED) is 0.0403. The molecule has 512 valence electrons. The summed E-state index contributed by atoms with van der Waals surface area (Å²) in [5.74, 6) is -8.62. The SMILES string of the molecule is COCCOCc1ccc(-c2ccc(-c3nnc(-c4ccc(C(=O)N[C@H]5C[C@@H](O)CNC(=O)[C@@H]6[C@@H](O)[C@@H](C)CN6C(=O)[C@H]([C@H](O)CCN)NC(=O)[C@H]([C@H](O)Cc6ccc(O)c(OCCCN)c6)NC(=O)[C@@H]6C[C@@H](O)CN6C(=O)[C@H]([C@@H](C)O)NC5=O)cc4)s3)cc2)cc1.Cl.Cl. The lowest BCUT2D eigenvalue weighted by Crippen LogP contribution is -2.64. The minimum absolute atomic E-state index is 0. The number of hydrogen-bond donors (Lipinski definition) is 14. The number of halogens is 2. The van der Waals surface area contributed by atoms with E-state index in [1.54, 1.807) is 19.2 Å². The van der Waals surface area contributed by atoms with Gasteiger partial charge in [0.15, 0.2) is 11.5 Å². The number of aromatic nitrogens is 2. The van der Waals surface area contributed by atoms with E-state index >= 15 is 0 Å². The van der Waals surface area contributed by atoms with Gasteiger partial charge in [0.2, 0.25) is 35.4 Å². The number of ether oxygens (including phenoxy) is 3. The van der Waals surface area contributed by atoms with Gasteiger partial charge >= 0.3 is 0 Å². The fourth-order valence-corrected chi connectivity index (χ4v) is 11.9. The number of carbonyl (C=O) groups excluding carboxylic acids is 7. The van der Waals surface area contributed by atoms with Crippen molar-refractivity contribution in [2.75, 3.05) is 59.7 Å². The lowest BCUT2D eigenvalue weighted by molar-refractivity contribution is -0.147. The molecule has 3 fully saturated rings. The van der Waals surface area contributed by atoms with Gasteiger partial charge in [0, 0.05) is 68.6 Å². The Labute approximate surface area is 558 Å². The van der Waals surface area contributed by atoms with Crippen LogP contribution in [0.5, 0.6) is 11.5 Å². The van der Waals surface area contributed by atoms with Crippen LogP contribution in [-0.4, -0.2) is 230 Å². The van der Waals surface area contributed by atoms with Gasteiger partial charge in [-0.1, -0.05) is 85.0 Å². The van der Waals surface area contributed by atoms with E-state index in [-0.39, 0.29) is 80.1 Å². The Bertz CT molecular complexity index is 3360. The second-order valence-electron chi connectivity index (χ2n) is 23.2. The van der Waals surface area contributed by atoms with Crippen molar-refractivity contribution < 1.29 is 83.5 Å². The summed E-state index contributed by atoms with van der Waals surface area (Å²) < 4.78 is 16.3. The van der Waals surface area contributed by atoms with Gasteiger partial charge in [-0.25, -0.2) is 0 Å². The van der Waals surface area contributed by atoms with Crippen LogP contribution in [0.25, 0.3) is 32.3 Å². The van der Waals surface area contributed by atoms with Gasteiger partial charge in [-0.2, -0.15) is 0 Å². The van der Waals surface area contributed by atoms with Crippen LogP contribution in [0.15, 0.2) is 91.0 Å². The number of rotatable bonds is 21. The molecule has 5 aromatic rings. The molecule has 16 N–H and O–H groups in total. The number of carbonyl (C=O) groups is 7. The van der Waals surface area contributed by atoms with Gasteiger partial charge in [0.25, 0.3) is 5.91 Å². The lowest BCUT2D eigenvalue weighted by atomic mass is 9.98. The zero-order chi connectivity index (χ0) is 66.3. The molecule has 28 nitrogen and oxygen atoms in total. The molecule has 3 aliphatic heterocycles. The second kappa shape index (κ2) is 35.3. The molecule has 0 bridgehead atoms. The van der Waals surface area contributed by atoms with E-state index in [1.165, 1.54) is 48.6 Å². The van der Waals surface area contributed by atoms with E-state index in [0.29, 0.717) is 41.8 Å². The molecular formula is C63H83Cl2N11O17S. The highest BCUT2D eigenvalue weighted by molar-refractivity contribution is 7.17. The number of aliphatic hydroxyl groups excluding tert-OH is 6. The third kappa shape index (κ3) is 19.1. The number of benzene rings is 4. The number of methoxy groups -OCH3 is 1. The highest BCUT2D eigenvalue weighted by Gasteiger charge is 2.50. The predicted octanol–water partition coefficient (Wildman–Crippen LogP) is -0.724. The third-order valence-electron chi connectivity index (χ3n) is 16.2. The molecule has 94 heavy (non-hydrogen) atoms. The number of nitrogens with zero attached hydrogens (tertiary/aromatic N) is 4. The van der Waals surface area contributed by atoms with Crippen molar-refractivity contribution in [3.8, 4) is 43.8 Å². The Hall–Kier alpha value is -7.49. The van der Waals surface area contributed by atoms with Crippen molar-refractivity contribution in [2.24, 2.45) is 17.4 Å². The highest BCUT2D eigenvalue weighted by Crippen LogP contribution is 2.33. The van der Waals surface area contributed by atoms with E-state index in [4.69, 9.17) is 25.7 Å². The molecule has 4 heterocycles. The number of hydrogen-bond acceptors (Lipinski definition) is 22. The van der Waals surface area contributed by atoms with Crippen LogP contribution >= 0.6 is 36.2 Å². The molecule has 4 aromatic carbocycles. The molecule has 0 radical (unpaired) electrons. The number of nitrogens with two attached hydrogens (primary N) is 2. The minimum Gasteiger partial charge on any atom is -0.504 e. The number of aliphatic hydroxyl groups is 6. The Kier molecular flexibility index (Phi) is 28.4. The molecule has 8 rings (SSSR count). The van der Waals surface area contributed by atoms with Gasteiger partial charge < -0.3 is 97.8 Å².